The minimum atomic E-state index is 0.616. The maximum absolute atomic E-state index is 6.27. The van der Waals surface area contributed by atoms with Crippen LogP contribution in [0, 0.1) is 0 Å². The second-order valence-electron chi connectivity index (χ2n) is 4.95. The third kappa shape index (κ3) is 2.16. The molecule has 22 heavy (non-hydrogen) atoms. The lowest BCUT2D eigenvalue weighted by Gasteiger charge is -2.23. The van der Waals surface area contributed by atoms with E-state index in [9.17, 15) is 0 Å². The van der Waals surface area contributed by atoms with Crippen molar-refractivity contribution in [1.29, 1.82) is 0 Å². The highest BCUT2D eigenvalue weighted by atomic mass is 35.5. The molecule has 0 radical (unpaired) electrons. The zero-order valence-electron chi connectivity index (χ0n) is 11.6. The molecule has 2 heterocycles. The van der Waals surface area contributed by atoms with Gasteiger partial charge in [-0.15, -0.1) is 15.0 Å². The molecule has 6 heteroatoms. The van der Waals surface area contributed by atoms with Gasteiger partial charge in [0.2, 0.25) is 0 Å². The summed E-state index contributed by atoms with van der Waals surface area (Å²) < 4.78 is 0. The van der Waals surface area contributed by atoms with Crippen molar-refractivity contribution < 1.29 is 0 Å². The molecule has 0 atom stereocenters. The molecule has 108 valence electrons. The van der Waals surface area contributed by atoms with Crippen molar-refractivity contribution in [2.45, 2.75) is 6.54 Å². The van der Waals surface area contributed by atoms with Crippen LogP contribution in [-0.2, 0) is 6.54 Å². The smallest absolute Gasteiger partial charge is 0.120 e. The molecule has 0 unspecified atom stereocenters. The topological polar surface area (TPSA) is 46.3 Å². The summed E-state index contributed by atoms with van der Waals surface area (Å²) in [6.45, 7) is 0.616. The van der Waals surface area contributed by atoms with Crippen molar-refractivity contribution in [3.8, 4) is 11.3 Å². The van der Waals surface area contributed by atoms with Crippen molar-refractivity contribution >= 4 is 23.6 Å². The van der Waals surface area contributed by atoms with Crippen LogP contribution >= 0.6 is 11.6 Å². The Balaban J connectivity index is 1.74. The standard InChI is InChI=1S/C16H12ClN5/c17-13-8-4-5-9-14(13)21-10-15-16(12-6-2-1-3-7-12)19-20-22(15)18-11-21/h1-9,11H,10H2. The Bertz CT molecular complexity index is 841. The van der Waals surface area contributed by atoms with E-state index in [0.29, 0.717) is 11.6 Å². The molecule has 2 aromatic carbocycles. The van der Waals surface area contributed by atoms with Gasteiger partial charge in [-0.25, -0.2) is 0 Å². The fourth-order valence-electron chi connectivity index (χ4n) is 2.49. The highest BCUT2D eigenvalue weighted by Gasteiger charge is 2.21. The average Bonchev–Trinajstić information content (AvgIpc) is 2.99. The zero-order valence-corrected chi connectivity index (χ0v) is 12.4. The van der Waals surface area contributed by atoms with Gasteiger partial charge in [0.25, 0.3) is 0 Å². The lowest BCUT2D eigenvalue weighted by Crippen LogP contribution is -2.27. The van der Waals surface area contributed by atoms with Crippen LogP contribution in [0.3, 0.4) is 0 Å². The number of aromatic nitrogens is 3. The Morgan fingerprint density at radius 2 is 1.73 bits per heavy atom. The van der Waals surface area contributed by atoms with Gasteiger partial charge < -0.3 is 4.90 Å². The van der Waals surface area contributed by atoms with E-state index in [1.165, 1.54) is 0 Å². The Labute approximate surface area is 132 Å². The Morgan fingerprint density at radius 1 is 0.955 bits per heavy atom. The molecule has 0 spiro atoms. The van der Waals surface area contributed by atoms with Crippen molar-refractivity contribution in [3.05, 3.63) is 65.3 Å². The monoisotopic (exact) mass is 309 g/mol. The summed E-state index contributed by atoms with van der Waals surface area (Å²) >= 11 is 6.27. The fraction of sp³-hybridized carbons (Fsp3) is 0.0625. The van der Waals surface area contributed by atoms with Crippen molar-refractivity contribution in [2.24, 2.45) is 5.10 Å². The quantitative estimate of drug-likeness (QED) is 0.729. The van der Waals surface area contributed by atoms with Crippen molar-refractivity contribution in [1.82, 2.24) is 15.1 Å². The first-order valence-corrected chi connectivity index (χ1v) is 7.26. The maximum atomic E-state index is 6.27. The second-order valence-corrected chi connectivity index (χ2v) is 5.36. The number of halogens is 1. The van der Waals surface area contributed by atoms with Gasteiger partial charge in [0.05, 0.1) is 17.3 Å². The van der Waals surface area contributed by atoms with Gasteiger partial charge in [-0.2, -0.15) is 0 Å². The van der Waals surface area contributed by atoms with Gasteiger partial charge in [0.1, 0.15) is 17.7 Å². The fourth-order valence-corrected chi connectivity index (χ4v) is 2.73. The van der Waals surface area contributed by atoms with E-state index in [2.05, 4.69) is 15.4 Å². The number of para-hydroxylation sites is 1. The van der Waals surface area contributed by atoms with Crippen LogP contribution in [0.5, 0.6) is 0 Å². The molecule has 0 amide bonds. The normalized spacial score (nSPS) is 13.2. The summed E-state index contributed by atoms with van der Waals surface area (Å²) in [4.78, 5) is 3.56. The molecule has 3 aromatic rings. The molecular weight excluding hydrogens is 298 g/mol. The minimum absolute atomic E-state index is 0.616. The molecule has 1 aliphatic heterocycles. The van der Waals surface area contributed by atoms with Crippen molar-refractivity contribution in [2.75, 3.05) is 4.90 Å². The molecule has 0 N–H and O–H groups in total. The summed E-state index contributed by atoms with van der Waals surface area (Å²) in [5.74, 6) is 0. The molecule has 0 aliphatic carbocycles. The number of anilines is 1. The number of benzene rings is 2. The van der Waals surface area contributed by atoms with Crippen LogP contribution in [0.15, 0.2) is 59.7 Å². The van der Waals surface area contributed by atoms with Crippen LogP contribution < -0.4 is 4.90 Å². The Hall–Kier alpha value is -2.66. The Morgan fingerprint density at radius 3 is 2.55 bits per heavy atom. The van der Waals surface area contributed by atoms with E-state index in [1.807, 2.05) is 59.5 Å². The lowest BCUT2D eigenvalue weighted by atomic mass is 10.1. The molecular formula is C16H12ClN5. The van der Waals surface area contributed by atoms with Gasteiger partial charge in [-0.05, 0) is 17.3 Å². The first-order chi connectivity index (χ1) is 10.8. The van der Waals surface area contributed by atoms with E-state index in [4.69, 9.17) is 11.6 Å². The largest absolute Gasteiger partial charge is 0.323 e. The van der Waals surface area contributed by atoms with Crippen LogP contribution in [0.25, 0.3) is 11.3 Å². The highest BCUT2D eigenvalue weighted by Crippen LogP contribution is 2.29. The molecule has 1 aliphatic rings. The van der Waals surface area contributed by atoms with Gasteiger partial charge in [0, 0.05) is 5.56 Å². The van der Waals surface area contributed by atoms with Gasteiger partial charge in [0.15, 0.2) is 0 Å². The van der Waals surface area contributed by atoms with E-state index in [-0.39, 0.29) is 0 Å². The summed E-state index contributed by atoms with van der Waals surface area (Å²) in [6.07, 6.45) is 1.72. The molecule has 0 saturated carbocycles. The SMILES string of the molecule is Clc1ccccc1N1C=Nn2nnc(-c3ccccc3)c2C1. The van der Waals surface area contributed by atoms with E-state index < -0.39 is 0 Å². The highest BCUT2D eigenvalue weighted by molar-refractivity contribution is 6.33. The number of nitrogens with zero attached hydrogens (tertiary/aromatic N) is 5. The summed E-state index contributed by atoms with van der Waals surface area (Å²) in [5, 5.41) is 13.4. The van der Waals surface area contributed by atoms with Crippen LogP contribution in [-0.4, -0.2) is 21.4 Å². The van der Waals surface area contributed by atoms with E-state index >= 15 is 0 Å². The predicted octanol–water partition coefficient (Wildman–Crippen LogP) is 3.41. The average molecular weight is 310 g/mol. The van der Waals surface area contributed by atoms with Crippen molar-refractivity contribution in [3.63, 3.8) is 0 Å². The van der Waals surface area contributed by atoms with E-state index in [0.717, 1.165) is 22.6 Å². The Kier molecular flexibility index (Phi) is 3.12. The third-order valence-corrected chi connectivity index (χ3v) is 3.89. The number of hydrogen-bond acceptors (Lipinski definition) is 4. The maximum Gasteiger partial charge on any atom is 0.120 e. The van der Waals surface area contributed by atoms with Crippen LogP contribution in [0.4, 0.5) is 5.69 Å². The number of hydrogen-bond donors (Lipinski definition) is 0. The molecule has 0 fully saturated rings. The first kappa shape index (κ1) is 13.0. The molecule has 5 nitrogen and oxygen atoms in total. The predicted molar refractivity (Wildman–Crippen MR) is 87.0 cm³/mol. The number of rotatable bonds is 2. The molecule has 0 bridgehead atoms. The second kappa shape index (κ2) is 5.27. The van der Waals surface area contributed by atoms with E-state index in [1.54, 1.807) is 11.1 Å². The van der Waals surface area contributed by atoms with Gasteiger partial charge in [-0.3, -0.25) is 0 Å². The summed E-state index contributed by atoms with van der Waals surface area (Å²) in [7, 11) is 0. The van der Waals surface area contributed by atoms with Gasteiger partial charge >= 0.3 is 0 Å². The van der Waals surface area contributed by atoms with Gasteiger partial charge in [-0.1, -0.05) is 54.1 Å². The molecule has 0 saturated heterocycles. The summed E-state index contributed by atoms with van der Waals surface area (Å²) in [6, 6.07) is 17.7. The molecule has 4 rings (SSSR count). The lowest BCUT2D eigenvalue weighted by molar-refractivity contribution is 0.641. The van der Waals surface area contributed by atoms with Crippen LogP contribution in [0.1, 0.15) is 5.69 Å². The third-order valence-electron chi connectivity index (χ3n) is 3.57. The van der Waals surface area contributed by atoms with Crippen LogP contribution in [0.2, 0.25) is 5.02 Å². The zero-order chi connectivity index (χ0) is 14.9. The molecule has 1 aromatic heterocycles. The first-order valence-electron chi connectivity index (χ1n) is 6.88. The number of fused-ring (bicyclic) bond motifs is 1. The minimum Gasteiger partial charge on any atom is -0.323 e. The summed E-state index contributed by atoms with van der Waals surface area (Å²) in [5.41, 5.74) is 3.72.